The summed E-state index contributed by atoms with van der Waals surface area (Å²) in [5, 5.41) is 3.41. The molecule has 3 aliphatic rings. The van der Waals surface area contributed by atoms with Crippen LogP contribution in [0.2, 0.25) is 0 Å². The van der Waals surface area contributed by atoms with Crippen molar-refractivity contribution in [2.24, 2.45) is 0 Å². The molecule has 0 radical (unpaired) electrons. The number of aryl methyl sites for hydroxylation is 1. The number of piperidine rings is 1. The zero-order valence-electron chi connectivity index (χ0n) is 19.1. The van der Waals surface area contributed by atoms with Crippen molar-refractivity contribution >= 4 is 23.1 Å². The molecule has 1 amide bonds. The molecule has 1 N–H and O–H groups in total. The summed E-state index contributed by atoms with van der Waals surface area (Å²) in [6.07, 6.45) is 7.01. The van der Waals surface area contributed by atoms with Gasteiger partial charge in [-0.05, 0) is 62.4 Å². The highest BCUT2D eigenvalue weighted by molar-refractivity contribution is 6.16. The van der Waals surface area contributed by atoms with Gasteiger partial charge in [-0.1, -0.05) is 12.1 Å². The molecule has 3 aliphatic heterocycles. The molecule has 3 heterocycles. The number of rotatable bonds is 4. The number of benzene rings is 1. The summed E-state index contributed by atoms with van der Waals surface area (Å²) >= 11 is 0. The van der Waals surface area contributed by atoms with E-state index < -0.39 is 0 Å². The fourth-order valence-corrected chi connectivity index (χ4v) is 4.55. The number of hydrogen-bond donors (Lipinski definition) is 1. The standard InChI is InChI=1S/C25H31N3O4/c1-4-20(25(30)31-3)21-9-8-19(14-17(21)2)28-12-13-32-22-15-18(16-26-23(22)28)24(29)27-10-6-5-7-11-27/h4,8-9,14-15,26H,5-7,10-13,16H2,1-3H3/b20-4+. The Balaban J connectivity index is 1.59. The van der Waals surface area contributed by atoms with Crippen LogP contribution in [0.4, 0.5) is 5.69 Å². The molecule has 0 saturated carbocycles. The van der Waals surface area contributed by atoms with Crippen molar-refractivity contribution in [1.82, 2.24) is 10.2 Å². The maximum atomic E-state index is 12.9. The molecule has 0 spiro atoms. The molecule has 170 valence electrons. The maximum Gasteiger partial charge on any atom is 0.338 e. The number of carbonyl (C=O) groups excluding carboxylic acids is 2. The van der Waals surface area contributed by atoms with Gasteiger partial charge in [0, 0.05) is 30.9 Å². The number of esters is 1. The lowest BCUT2D eigenvalue weighted by molar-refractivity contribution is -0.133. The summed E-state index contributed by atoms with van der Waals surface area (Å²) < 4.78 is 10.8. The highest BCUT2D eigenvalue weighted by Gasteiger charge is 2.29. The number of ether oxygens (including phenoxy) is 2. The number of methoxy groups -OCH3 is 1. The Morgan fingerprint density at radius 1 is 1.16 bits per heavy atom. The Bertz CT molecular complexity index is 1000. The smallest absolute Gasteiger partial charge is 0.338 e. The maximum absolute atomic E-state index is 12.9. The van der Waals surface area contributed by atoms with Gasteiger partial charge in [-0.15, -0.1) is 0 Å². The Labute approximate surface area is 189 Å². The lowest BCUT2D eigenvalue weighted by atomic mass is 9.99. The summed E-state index contributed by atoms with van der Waals surface area (Å²) in [4.78, 5) is 29.1. The number of nitrogens with one attached hydrogen (secondary N) is 1. The summed E-state index contributed by atoms with van der Waals surface area (Å²) in [6.45, 7) is 7.20. The molecule has 4 rings (SSSR count). The van der Waals surface area contributed by atoms with Gasteiger partial charge in [0.05, 0.1) is 19.2 Å². The summed E-state index contributed by atoms with van der Waals surface area (Å²) in [5.41, 5.74) is 4.15. The van der Waals surface area contributed by atoms with E-state index in [1.54, 1.807) is 6.08 Å². The molecular formula is C25H31N3O4. The van der Waals surface area contributed by atoms with Crippen LogP contribution in [0.25, 0.3) is 5.57 Å². The molecule has 1 saturated heterocycles. The fourth-order valence-electron chi connectivity index (χ4n) is 4.55. The summed E-state index contributed by atoms with van der Waals surface area (Å²) in [5.74, 6) is 1.34. The first-order chi connectivity index (χ1) is 15.5. The minimum Gasteiger partial charge on any atom is -0.488 e. The molecular weight excluding hydrogens is 406 g/mol. The van der Waals surface area contributed by atoms with Crippen molar-refractivity contribution in [2.45, 2.75) is 33.1 Å². The lowest BCUT2D eigenvalue weighted by Gasteiger charge is -2.37. The number of allylic oxidation sites excluding steroid dienone is 2. The second-order valence-corrected chi connectivity index (χ2v) is 8.28. The molecule has 1 aromatic carbocycles. The number of dihydropyridines is 1. The van der Waals surface area contributed by atoms with Crippen LogP contribution >= 0.6 is 0 Å². The van der Waals surface area contributed by atoms with Gasteiger partial charge < -0.3 is 24.6 Å². The quantitative estimate of drug-likeness (QED) is 0.577. The van der Waals surface area contributed by atoms with Gasteiger partial charge in [0.15, 0.2) is 5.76 Å². The van der Waals surface area contributed by atoms with E-state index in [0.29, 0.717) is 31.0 Å². The van der Waals surface area contributed by atoms with Crippen molar-refractivity contribution in [1.29, 1.82) is 0 Å². The molecule has 0 bridgehead atoms. The van der Waals surface area contributed by atoms with Crippen molar-refractivity contribution < 1.29 is 19.1 Å². The third-order valence-corrected chi connectivity index (χ3v) is 6.25. The van der Waals surface area contributed by atoms with Gasteiger partial charge >= 0.3 is 5.97 Å². The summed E-state index contributed by atoms with van der Waals surface area (Å²) in [7, 11) is 1.39. The Morgan fingerprint density at radius 2 is 1.94 bits per heavy atom. The van der Waals surface area contributed by atoms with Gasteiger partial charge in [0.2, 0.25) is 0 Å². The van der Waals surface area contributed by atoms with Gasteiger partial charge in [-0.2, -0.15) is 0 Å². The topological polar surface area (TPSA) is 71.1 Å². The lowest BCUT2D eigenvalue weighted by Crippen LogP contribution is -2.44. The van der Waals surface area contributed by atoms with Gasteiger partial charge in [0.25, 0.3) is 5.91 Å². The highest BCUT2D eigenvalue weighted by atomic mass is 16.5. The van der Waals surface area contributed by atoms with Crippen LogP contribution in [0.3, 0.4) is 0 Å². The van der Waals surface area contributed by atoms with Crippen molar-refractivity contribution in [2.75, 3.05) is 44.8 Å². The molecule has 0 aromatic heterocycles. The third-order valence-electron chi connectivity index (χ3n) is 6.25. The number of anilines is 1. The predicted octanol–water partition coefficient (Wildman–Crippen LogP) is 3.12. The van der Waals surface area contributed by atoms with Gasteiger partial charge in [0.1, 0.15) is 12.4 Å². The molecule has 1 aromatic rings. The van der Waals surface area contributed by atoms with Crippen LogP contribution in [0.15, 0.2) is 47.5 Å². The number of carbonyl (C=O) groups is 2. The zero-order chi connectivity index (χ0) is 22.7. The Hall–Kier alpha value is -3.22. The average molecular weight is 438 g/mol. The van der Waals surface area contributed by atoms with Crippen LogP contribution < -0.4 is 10.2 Å². The van der Waals surface area contributed by atoms with Crippen LogP contribution in [0.5, 0.6) is 0 Å². The number of likely N-dealkylation sites (tertiary alicyclic amines) is 1. The second kappa shape index (κ2) is 9.51. The summed E-state index contributed by atoms with van der Waals surface area (Å²) in [6, 6.07) is 6.03. The normalized spacial score (nSPS) is 19.0. The van der Waals surface area contributed by atoms with E-state index in [0.717, 1.165) is 54.1 Å². The van der Waals surface area contributed by atoms with E-state index >= 15 is 0 Å². The highest BCUT2D eigenvalue weighted by Crippen LogP contribution is 2.31. The van der Waals surface area contributed by atoms with E-state index in [2.05, 4.69) is 16.3 Å². The first kappa shape index (κ1) is 22.0. The van der Waals surface area contributed by atoms with Crippen LogP contribution in [-0.2, 0) is 19.1 Å². The average Bonchev–Trinajstić information content (AvgIpc) is 2.84. The molecule has 0 aliphatic carbocycles. The van der Waals surface area contributed by atoms with E-state index in [4.69, 9.17) is 9.47 Å². The van der Waals surface area contributed by atoms with E-state index in [1.807, 2.05) is 37.0 Å². The molecule has 1 fully saturated rings. The van der Waals surface area contributed by atoms with Crippen molar-refractivity contribution in [3.05, 3.63) is 58.6 Å². The molecule has 0 atom stereocenters. The molecule has 7 nitrogen and oxygen atoms in total. The monoisotopic (exact) mass is 437 g/mol. The Kier molecular flexibility index (Phi) is 6.53. The number of amides is 1. The minimum absolute atomic E-state index is 0.103. The fraction of sp³-hybridized carbons (Fsp3) is 0.440. The predicted molar refractivity (Wildman–Crippen MR) is 124 cm³/mol. The van der Waals surface area contributed by atoms with Crippen molar-refractivity contribution in [3.63, 3.8) is 0 Å². The number of nitrogens with zero attached hydrogens (tertiary/aromatic N) is 2. The minimum atomic E-state index is -0.343. The van der Waals surface area contributed by atoms with Crippen molar-refractivity contribution in [3.8, 4) is 0 Å². The Morgan fingerprint density at radius 3 is 2.62 bits per heavy atom. The first-order valence-corrected chi connectivity index (χ1v) is 11.3. The first-order valence-electron chi connectivity index (χ1n) is 11.3. The van der Waals surface area contributed by atoms with E-state index in [-0.39, 0.29) is 11.9 Å². The van der Waals surface area contributed by atoms with E-state index in [1.165, 1.54) is 13.5 Å². The van der Waals surface area contributed by atoms with Crippen LogP contribution in [0.1, 0.15) is 37.3 Å². The van der Waals surface area contributed by atoms with Crippen LogP contribution in [-0.4, -0.2) is 56.7 Å². The van der Waals surface area contributed by atoms with E-state index in [9.17, 15) is 9.59 Å². The number of hydrogen-bond acceptors (Lipinski definition) is 6. The van der Waals surface area contributed by atoms with Gasteiger partial charge in [-0.3, -0.25) is 4.79 Å². The second-order valence-electron chi connectivity index (χ2n) is 8.28. The molecule has 7 heteroatoms. The SMILES string of the molecule is C/C=C(/C(=O)OC)c1ccc(N2CCOC3=C2NCC(C(=O)N2CCCCC2)=C3)cc1C. The zero-order valence-corrected chi connectivity index (χ0v) is 19.1. The van der Waals surface area contributed by atoms with Gasteiger partial charge in [-0.25, -0.2) is 4.79 Å². The largest absolute Gasteiger partial charge is 0.488 e. The third kappa shape index (κ3) is 4.24. The van der Waals surface area contributed by atoms with Crippen LogP contribution in [0, 0.1) is 6.92 Å². The molecule has 32 heavy (non-hydrogen) atoms. The molecule has 0 unspecified atom stereocenters.